The fourth-order valence-electron chi connectivity index (χ4n) is 2.03. The third kappa shape index (κ3) is 1.92. The Morgan fingerprint density at radius 3 is 2.50 bits per heavy atom. The number of rotatable bonds is 2. The molecule has 102 valence electrons. The second-order valence-electron chi connectivity index (χ2n) is 4.08. The molecule has 3 rings (SSSR count). The molecule has 0 bridgehead atoms. The second-order valence-corrected chi connectivity index (χ2v) is 4.35. The van der Waals surface area contributed by atoms with E-state index in [1.54, 1.807) is 6.07 Å². The molecule has 2 heterocycles. The number of nitrogens with zero attached hydrogens (tertiary/aromatic N) is 3. The molecule has 0 atom stereocenters. The van der Waals surface area contributed by atoms with Crippen molar-refractivity contribution in [3.05, 3.63) is 53.9 Å². The number of aromatic nitrogens is 3. The van der Waals surface area contributed by atoms with Crippen molar-refractivity contribution < 1.29 is 13.2 Å². The number of pyridine rings is 1. The molecule has 0 spiro atoms. The van der Waals surface area contributed by atoms with Crippen molar-refractivity contribution in [2.24, 2.45) is 0 Å². The fraction of sp³-hybridized carbons (Fsp3) is 0.0769. The molecule has 0 fully saturated rings. The lowest BCUT2D eigenvalue weighted by Gasteiger charge is -2.08. The van der Waals surface area contributed by atoms with Gasteiger partial charge in [-0.1, -0.05) is 0 Å². The van der Waals surface area contributed by atoms with Crippen molar-refractivity contribution in [2.75, 3.05) is 0 Å². The molecule has 0 saturated carbocycles. The van der Waals surface area contributed by atoms with Gasteiger partial charge in [-0.2, -0.15) is 0 Å². The van der Waals surface area contributed by atoms with Gasteiger partial charge in [-0.15, -0.1) is 11.6 Å². The smallest absolute Gasteiger partial charge is 0.194 e. The maximum absolute atomic E-state index is 13.4. The van der Waals surface area contributed by atoms with Gasteiger partial charge in [0.05, 0.1) is 23.3 Å². The molecule has 0 aliphatic carbocycles. The molecular weight excluding hydrogens is 291 g/mol. The summed E-state index contributed by atoms with van der Waals surface area (Å²) in [5, 5.41) is 0. The first-order chi connectivity index (χ1) is 9.61. The molecule has 0 radical (unpaired) electrons. The van der Waals surface area contributed by atoms with Gasteiger partial charge in [-0.3, -0.25) is 9.55 Å². The summed E-state index contributed by atoms with van der Waals surface area (Å²) in [5.41, 5.74) is 1.24. The van der Waals surface area contributed by atoms with Crippen LogP contribution in [0.15, 0.2) is 30.6 Å². The van der Waals surface area contributed by atoms with Crippen molar-refractivity contribution in [3.8, 4) is 5.69 Å². The van der Waals surface area contributed by atoms with Gasteiger partial charge in [-0.05, 0) is 6.07 Å². The lowest BCUT2D eigenvalue weighted by molar-refractivity contribution is 0.446. The van der Waals surface area contributed by atoms with E-state index in [4.69, 9.17) is 11.6 Å². The molecule has 0 aliphatic rings. The van der Waals surface area contributed by atoms with Gasteiger partial charge in [0.1, 0.15) is 11.3 Å². The van der Waals surface area contributed by atoms with Gasteiger partial charge in [-0.25, -0.2) is 18.2 Å². The van der Waals surface area contributed by atoms with Gasteiger partial charge in [0.15, 0.2) is 17.5 Å². The van der Waals surface area contributed by atoms with Crippen molar-refractivity contribution in [1.29, 1.82) is 0 Å². The predicted octanol–water partition coefficient (Wildman–Crippen LogP) is 3.58. The Bertz CT molecular complexity index is 778. The molecule has 3 aromatic rings. The highest BCUT2D eigenvalue weighted by atomic mass is 35.5. The Morgan fingerprint density at radius 1 is 1.15 bits per heavy atom. The molecule has 2 aromatic heterocycles. The number of hydrogen-bond acceptors (Lipinski definition) is 2. The molecule has 0 amide bonds. The molecule has 0 saturated heterocycles. The van der Waals surface area contributed by atoms with E-state index in [-0.39, 0.29) is 11.6 Å². The van der Waals surface area contributed by atoms with Crippen LogP contribution in [0, 0.1) is 17.5 Å². The summed E-state index contributed by atoms with van der Waals surface area (Å²) in [6, 6.07) is 3.43. The molecule has 7 heteroatoms. The molecule has 0 aliphatic heterocycles. The summed E-state index contributed by atoms with van der Waals surface area (Å²) < 4.78 is 41.3. The van der Waals surface area contributed by atoms with E-state index in [1.165, 1.54) is 17.0 Å². The van der Waals surface area contributed by atoms with E-state index in [0.717, 1.165) is 12.1 Å². The fourth-order valence-corrected chi connectivity index (χ4v) is 2.21. The van der Waals surface area contributed by atoms with E-state index in [0.29, 0.717) is 16.9 Å². The maximum Gasteiger partial charge on any atom is 0.194 e. The molecule has 0 N–H and O–H groups in total. The molecule has 1 aromatic carbocycles. The first-order valence-electron chi connectivity index (χ1n) is 5.64. The standard InChI is InChI=1S/C13H7ClF3N3/c14-5-12-19-10-6-18-2-1-11(10)20(12)7-3-8(15)13(17)9(16)4-7/h1-4,6H,5H2. The summed E-state index contributed by atoms with van der Waals surface area (Å²) in [7, 11) is 0. The lowest BCUT2D eigenvalue weighted by Crippen LogP contribution is -2.02. The monoisotopic (exact) mass is 297 g/mol. The van der Waals surface area contributed by atoms with Gasteiger partial charge in [0.25, 0.3) is 0 Å². The Hall–Kier alpha value is -2.08. The lowest BCUT2D eigenvalue weighted by atomic mass is 10.2. The highest BCUT2D eigenvalue weighted by Crippen LogP contribution is 2.24. The van der Waals surface area contributed by atoms with E-state index >= 15 is 0 Å². The molecule has 3 nitrogen and oxygen atoms in total. The summed E-state index contributed by atoms with van der Waals surface area (Å²) >= 11 is 5.80. The maximum atomic E-state index is 13.4. The minimum atomic E-state index is -1.51. The first kappa shape index (κ1) is 12.9. The average Bonchev–Trinajstić information content (AvgIpc) is 2.82. The molecular formula is C13H7ClF3N3. The first-order valence-corrected chi connectivity index (χ1v) is 6.17. The molecule has 0 unspecified atom stereocenters. The zero-order valence-electron chi connectivity index (χ0n) is 9.95. The molecule has 20 heavy (non-hydrogen) atoms. The van der Waals surface area contributed by atoms with E-state index < -0.39 is 17.5 Å². The van der Waals surface area contributed by atoms with Crippen molar-refractivity contribution in [2.45, 2.75) is 5.88 Å². The van der Waals surface area contributed by atoms with Crippen LogP contribution >= 0.6 is 11.6 Å². The summed E-state index contributed by atoms with van der Waals surface area (Å²) in [4.78, 5) is 8.14. The number of halogens is 4. The van der Waals surface area contributed by atoms with Crippen LogP contribution in [-0.4, -0.2) is 14.5 Å². The van der Waals surface area contributed by atoms with Crippen molar-refractivity contribution in [3.63, 3.8) is 0 Å². The Balaban J connectivity index is 2.33. The highest BCUT2D eigenvalue weighted by molar-refractivity contribution is 6.17. The summed E-state index contributed by atoms with van der Waals surface area (Å²) in [6.07, 6.45) is 3.03. The average molecular weight is 298 g/mol. The number of hydrogen-bond donors (Lipinski definition) is 0. The SMILES string of the molecule is Fc1cc(-n2c(CCl)nc3cnccc32)cc(F)c1F. The van der Waals surface area contributed by atoms with Crippen LogP contribution < -0.4 is 0 Å². The minimum absolute atomic E-state index is 0.0370. The largest absolute Gasteiger partial charge is 0.295 e. The zero-order valence-corrected chi connectivity index (χ0v) is 10.7. The van der Waals surface area contributed by atoms with Gasteiger partial charge in [0, 0.05) is 18.3 Å². The highest BCUT2D eigenvalue weighted by Gasteiger charge is 2.16. The topological polar surface area (TPSA) is 30.7 Å². The van der Waals surface area contributed by atoms with E-state index in [9.17, 15) is 13.2 Å². The van der Waals surface area contributed by atoms with Crippen LogP contribution in [0.4, 0.5) is 13.2 Å². The van der Waals surface area contributed by atoms with Crippen LogP contribution in [0.5, 0.6) is 0 Å². The van der Waals surface area contributed by atoms with Gasteiger partial charge in [0.2, 0.25) is 0 Å². The van der Waals surface area contributed by atoms with E-state index in [2.05, 4.69) is 9.97 Å². The second kappa shape index (κ2) is 4.79. The number of alkyl halides is 1. The third-order valence-electron chi connectivity index (χ3n) is 2.87. The zero-order chi connectivity index (χ0) is 14.3. The van der Waals surface area contributed by atoms with Crippen molar-refractivity contribution in [1.82, 2.24) is 14.5 Å². The van der Waals surface area contributed by atoms with Crippen LogP contribution in [0.25, 0.3) is 16.7 Å². The minimum Gasteiger partial charge on any atom is -0.295 e. The Labute approximate surface area is 116 Å². The van der Waals surface area contributed by atoms with Crippen LogP contribution in [-0.2, 0) is 5.88 Å². The van der Waals surface area contributed by atoms with Gasteiger partial charge < -0.3 is 0 Å². The normalized spacial score (nSPS) is 11.2. The summed E-state index contributed by atoms with van der Waals surface area (Å²) in [6.45, 7) is 0. The third-order valence-corrected chi connectivity index (χ3v) is 3.11. The number of fused-ring (bicyclic) bond motifs is 1. The summed E-state index contributed by atoms with van der Waals surface area (Å²) in [5.74, 6) is -3.62. The van der Waals surface area contributed by atoms with E-state index in [1.807, 2.05) is 0 Å². The van der Waals surface area contributed by atoms with Crippen molar-refractivity contribution >= 4 is 22.6 Å². The Morgan fingerprint density at radius 2 is 1.85 bits per heavy atom. The van der Waals surface area contributed by atoms with Crippen LogP contribution in [0.2, 0.25) is 0 Å². The number of imidazole rings is 1. The van der Waals surface area contributed by atoms with Gasteiger partial charge >= 0.3 is 0 Å². The van der Waals surface area contributed by atoms with Crippen LogP contribution in [0.3, 0.4) is 0 Å². The Kier molecular flexibility index (Phi) is 3.10. The quantitative estimate of drug-likeness (QED) is 0.535. The van der Waals surface area contributed by atoms with Crippen LogP contribution in [0.1, 0.15) is 5.82 Å². The number of benzene rings is 1. The predicted molar refractivity (Wildman–Crippen MR) is 68.3 cm³/mol.